The number of amidine groups is 1. The van der Waals surface area contributed by atoms with Gasteiger partial charge in [0.2, 0.25) is 0 Å². The third-order valence-electron chi connectivity index (χ3n) is 1.50. The van der Waals surface area contributed by atoms with Crippen LogP contribution in [0, 0.1) is 11.8 Å². The van der Waals surface area contributed by atoms with Gasteiger partial charge in [-0.05, 0) is 0 Å². The van der Waals surface area contributed by atoms with Gasteiger partial charge in [-0.25, -0.2) is 0 Å². The van der Waals surface area contributed by atoms with Gasteiger partial charge in [0.05, 0.1) is 0 Å². The van der Waals surface area contributed by atoms with E-state index in [2.05, 4.69) is 37.7 Å². The molecule has 0 radical (unpaired) electrons. The molecule has 0 rings (SSSR count). The standard InChI is InChI=1S/C10H18N2.W/c1-6-11-10(9(4)5)12-7-8(2)3;/h6,8-9H,1-5H3;. The SMILES string of the molecule is CC=NC(=N[C](=[W])C(C)C)C(C)C. The monoisotopic (exact) mass is 350 g/mol. The first-order valence-electron chi connectivity index (χ1n) is 4.60. The molecule has 0 aromatic heterocycles. The van der Waals surface area contributed by atoms with Gasteiger partial charge >= 0.3 is 91.9 Å². The van der Waals surface area contributed by atoms with Gasteiger partial charge in [0, 0.05) is 0 Å². The van der Waals surface area contributed by atoms with Crippen LogP contribution in [0.15, 0.2) is 9.98 Å². The zero-order chi connectivity index (χ0) is 10.4. The second-order valence-electron chi connectivity index (χ2n) is 3.50. The van der Waals surface area contributed by atoms with Crippen molar-refractivity contribution in [1.29, 1.82) is 0 Å². The Bertz CT molecular complexity index is 227. The first-order chi connectivity index (χ1) is 5.99. The molecule has 2 nitrogen and oxygen atoms in total. The molecule has 0 aliphatic heterocycles. The van der Waals surface area contributed by atoms with Crippen LogP contribution < -0.4 is 0 Å². The average molecular weight is 350 g/mol. The number of nitrogens with zero attached hydrogens (tertiary/aromatic N) is 2. The molecular weight excluding hydrogens is 332 g/mol. The molecule has 0 saturated heterocycles. The van der Waals surface area contributed by atoms with Gasteiger partial charge in [-0.2, -0.15) is 0 Å². The molecule has 0 aliphatic rings. The van der Waals surface area contributed by atoms with Gasteiger partial charge in [0.25, 0.3) is 0 Å². The quantitative estimate of drug-likeness (QED) is 0.552. The number of rotatable bonds is 3. The topological polar surface area (TPSA) is 24.7 Å². The van der Waals surface area contributed by atoms with Gasteiger partial charge in [0.15, 0.2) is 0 Å². The van der Waals surface area contributed by atoms with Crippen LogP contribution in [0.25, 0.3) is 0 Å². The Balaban J connectivity index is 4.63. The average Bonchev–Trinajstić information content (AvgIpc) is 2.03. The van der Waals surface area contributed by atoms with Crippen LogP contribution in [0.5, 0.6) is 0 Å². The Morgan fingerprint density at radius 1 is 1.15 bits per heavy atom. The molecule has 3 heteroatoms. The molecule has 74 valence electrons. The fourth-order valence-corrected chi connectivity index (χ4v) is 1.02. The van der Waals surface area contributed by atoms with Gasteiger partial charge < -0.3 is 0 Å². The summed E-state index contributed by atoms with van der Waals surface area (Å²) in [7, 11) is 0. The maximum absolute atomic E-state index is 4.54. The molecule has 0 aromatic carbocycles. The van der Waals surface area contributed by atoms with E-state index in [1.54, 1.807) is 0 Å². The van der Waals surface area contributed by atoms with Crippen molar-refractivity contribution in [2.75, 3.05) is 0 Å². The Hall–Kier alpha value is -0.102. The van der Waals surface area contributed by atoms with E-state index in [1.165, 1.54) is 23.4 Å². The van der Waals surface area contributed by atoms with Crippen molar-refractivity contribution in [3.8, 4) is 0 Å². The van der Waals surface area contributed by atoms with E-state index in [9.17, 15) is 0 Å². The van der Waals surface area contributed by atoms with Crippen molar-refractivity contribution in [2.24, 2.45) is 21.8 Å². The molecule has 0 saturated carbocycles. The first kappa shape index (κ1) is 12.9. The minimum atomic E-state index is 0.407. The molecule has 0 spiro atoms. The van der Waals surface area contributed by atoms with E-state index in [4.69, 9.17) is 0 Å². The summed E-state index contributed by atoms with van der Waals surface area (Å²) in [5.41, 5.74) is 0. The molecule has 0 aliphatic carbocycles. The Kier molecular flexibility index (Phi) is 6.32. The Morgan fingerprint density at radius 3 is 2.00 bits per heavy atom. The number of hydrogen-bond donors (Lipinski definition) is 0. The molecular formula is C10H18N2W. The van der Waals surface area contributed by atoms with Crippen molar-refractivity contribution in [3.05, 3.63) is 0 Å². The van der Waals surface area contributed by atoms with E-state index >= 15 is 0 Å². The zero-order valence-electron chi connectivity index (χ0n) is 9.03. The van der Waals surface area contributed by atoms with Crippen molar-refractivity contribution in [1.82, 2.24) is 0 Å². The molecule has 0 amide bonds. The van der Waals surface area contributed by atoms with Crippen molar-refractivity contribution in [3.63, 3.8) is 0 Å². The molecule has 0 fully saturated rings. The van der Waals surface area contributed by atoms with Crippen LogP contribution in [0.1, 0.15) is 34.6 Å². The van der Waals surface area contributed by atoms with Crippen LogP contribution in [-0.2, 0) is 19.4 Å². The summed E-state index contributed by atoms with van der Waals surface area (Å²) >= 11 is 1.44. The predicted octanol–water partition coefficient (Wildman–Crippen LogP) is 2.46. The van der Waals surface area contributed by atoms with E-state index in [0.29, 0.717) is 11.8 Å². The van der Waals surface area contributed by atoms with E-state index in [0.717, 1.165) is 5.84 Å². The summed E-state index contributed by atoms with van der Waals surface area (Å²) in [6.45, 7) is 10.5. The van der Waals surface area contributed by atoms with Crippen LogP contribution in [0.4, 0.5) is 0 Å². The van der Waals surface area contributed by atoms with Gasteiger partial charge in [0.1, 0.15) is 0 Å². The third kappa shape index (κ3) is 5.25. The normalized spacial score (nSPS) is 13.3. The minimum absolute atomic E-state index is 0.407. The summed E-state index contributed by atoms with van der Waals surface area (Å²) in [5.74, 6) is 1.89. The second-order valence-corrected chi connectivity index (χ2v) is 5.01. The molecule has 0 heterocycles. The zero-order valence-corrected chi connectivity index (χ0v) is 12.0. The van der Waals surface area contributed by atoms with Crippen molar-refractivity contribution in [2.45, 2.75) is 34.6 Å². The van der Waals surface area contributed by atoms with E-state index in [-0.39, 0.29) is 0 Å². The number of hydrogen-bond acceptors (Lipinski definition) is 1. The summed E-state index contributed by atoms with van der Waals surface area (Å²) in [6, 6.07) is 0. The van der Waals surface area contributed by atoms with Crippen LogP contribution in [0.2, 0.25) is 0 Å². The molecule has 0 atom stereocenters. The first-order valence-corrected chi connectivity index (χ1v) is 6.06. The van der Waals surface area contributed by atoms with Gasteiger partial charge in [-0.1, -0.05) is 0 Å². The van der Waals surface area contributed by atoms with E-state index in [1.807, 2.05) is 13.1 Å². The fourth-order valence-electron chi connectivity index (χ4n) is 0.681. The van der Waals surface area contributed by atoms with Crippen LogP contribution >= 0.6 is 0 Å². The Labute approximate surface area is 92.0 Å². The van der Waals surface area contributed by atoms with E-state index < -0.39 is 0 Å². The molecule has 0 aromatic rings. The molecule has 0 N–H and O–H groups in total. The second kappa shape index (κ2) is 6.37. The van der Waals surface area contributed by atoms with Crippen LogP contribution in [-0.4, -0.2) is 16.1 Å². The van der Waals surface area contributed by atoms with Gasteiger partial charge in [-0.3, -0.25) is 0 Å². The molecule has 0 bridgehead atoms. The Morgan fingerprint density at radius 2 is 1.69 bits per heavy atom. The van der Waals surface area contributed by atoms with Crippen LogP contribution in [0.3, 0.4) is 0 Å². The van der Waals surface area contributed by atoms with Crippen molar-refractivity contribution >= 4 is 16.1 Å². The van der Waals surface area contributed by atoms with Crippen molar-refractivity contribution < 1.29 is 19.4 Å². The molecule has 13 heavy (non-hydrogen) atoms. The summed E-state index contributed by atoms with van der Waals surface area (Å²) in [5, 5.41) is 0. The summed E-state index contributed by atoms with van der Waals surface area (Å²) < 4.78 is 1.23. The maximum atomic E-state index is 4.54. The molecule has 0 unspecified atom stereocenters. The number of aliphatic imine (C=N–C) groups is 2. The predicted molar refractivity (Wildman–Crippen MR) is 56.3 cm³/mol. The fraction of sp³-hybridized carbons (Fsp3) is 0.700. The summed E-state index contributed by atoms with van der Waals surface area (Å²) in [4.78, 5) is 8.80. The third-order valence-corrected chi connectivity index (χ3v) is 3.52. The summed E-state index contributed by atoms with van der Waals surface area (Å²) in [6.07, 6.45) is 1.81. The van der Waals surface area contributed by atoms with Gasteiger partial charge in [-0.15, -0.1) is 0 Å².